The fourth-order valence-corrected chi connectivity index (χ4v) is 4.94. The molecule has 1 aliphatic carbocycles. The number of aliphatic carboxylic acids is 1. The van der Waals surface area contributed by atoms with E-state index in [4.69, 9.17) is 4.74 Å². The monoisotopic (exact) mass is 399 g/mol. The molecule has 0 bridgehead atoms. The van der Waals surface area contributed by atoms with Gasteiger partial charge in [0.15, 0.2) is 0 Å². The second-order valence-electron chi connectivity index (χ2n) is 8.53. The van der Waals surface area contributed by atoms with Gasteiger partial charge in [0.2, 0.25) is 0 Å². The first-order valence-corrected chi connectivity index (χ1v) is 10.4. The minimum atomic E-state index is -0.771. The summed E-state index contributed by atoms with van der Waals surface area (Å²) < 4.78 is 5.84. The van der Waals surface area contributed by atoms with Crippen LogP contribution in [0.5, 0.6) is 5.75 Å². The predicted octanol–water partition coefficient (Wildman–Crippen LogP) is 5.15. The van der Waals surface area contributed by atoms with Crippen LogP contribution in [-0.4, -0.2) is 31.3 Å². The van der Waals surface area contributed by atoms with Crippen molar-refractivity contribution in [2.75, 3.05) is 25.1 Å². The summed E-state index contributed by atoms with van der Waals surface area (Å²) in [6.07, 6.45) is 0. The molecule has 1 N–H and O–H groups in total. The van der Waals surface area contributed by atoms with Crippen molar-refractivity contribution in [3.63, 3.8) is 0 Å². The summed E-state index contributed by atoms with van der Waals surface area (Å²) in [6, 6.07) is 24.6. The Balaban J connectivity index is 1.45. The molecular weight excluding hydrogens is 374 g/mol. The third-order valence-electron chi connectivity index (χ3n) is 6.79. The van der Waals surface area contributed by atoms with Gasteiger partial charge in [-0.05, 0) is 41.3 Å². The van der Waals surface area contributed by atoms with Crippen molar-refractivity contribution < 1.29 is 14.6 Å². The fourth-order valence-electron chi connectivity index (χ4n) is 4.94. The van der Waals surface area contributed by atoms with E-state index in [1.807, 2.05) is 37.3 Å². The SMILES string of the molecule is CN1CCOc2cc(-c3ccc([C@H]4[C@H](c5ccccc5)[C@@]4(C)C(=O)O)cc3)ccc21. The van der Waals surface area contributed by atoms with Crippen LogP contribution in [0.1, 0.15) is 29.9 Å². The van der Waals surface area contributed by atoms with E-state index in [0.717, 1.165) is 40.2 Å². The first-order chi connectivity index (χ1) is 14.5. The minimum Gasteiger partial charge on any atom is -0.490 e. The molecule has 1 aliphatic heterocycles. The van der Waals surface area contributed by atoms with Crippen molar-refractivity contribution >= 4 is 11.7 Å². The Hall–Kier alpha value is -3.27. The van der Waals surface area contributed by atoms with Crippen molar-refractivity contribution in [2.24, 2.45) is 5.41 Å². The van der Waals surface area contributed by atoms with Gasteiger partial charge in [-0.15, -0.1) is 0 Å². The number of nitrogens with zero attached hydrogens (tertiary/aromatic N) is 1. The number of hydrogen-bond donors (Lipinski definition) is 1. The molecule has 0 spiro atoms. The second kappa shape index (κ2) is 6.91. The summed E-state index contributed by atoms with van der Waals surface area (Å²) in [6.45, 7) is 3.46. The van der Waals surface area contributed by atoms with Crippen LogP contribution in [0, 0.1) is 5.41 Å². The summed E-state index contributed by atoms with van der Waals surface area (Å²) >= 11 is 0. The molecule has 0 radical (unpaired) electrons. The summed E-state index contributed by atoms with van der Waals surface area (Å²) in [5.74, 6) is 0.151. The summed E-state index contributed by atoms with van der Waals surface area (Å²) in [7, 11) is 2.08. The highest BCUT2D eigenvalue weighted by atomic mass is 16.5. The molecular formula is C26H25NO3. The van der Waals surface area contributed by atoms with Gasteiger partial charge in [0.1, 0.15) is 12.4 Å². The maximum Gasteiger partial charge on any atom is 0.310 e. The first kappa shape index (κ1) is 18.7. The van der Waals surface area contributed by atoms with Crippen LogP contribution in [0.25, 0.3) is 11.1 Å². The molecule has 3 atom stereocenters. The summed E-state index contributed by atoms with van der Waals surface area (Å²) in [5, 5.41) is 9.92. The first-order valence-electron chi connectivity index (χ1n) is 10.4. The maximum absolute atomic E-state index is 12.1. The lowest BCUT2D eigenvalue weighted by atomic mass is 9.98. The molecule has 152 valence electrons. The van der Waals surface area contributed by atoms with E-state index in [1.165, 1.54) is 0 Å². The average Bonchev–Trinajstić information content (AvgIpc) is 3.42. The molecule has 0 saturated heterocycles. The molecule has 4 nitrogen and oxygen atoms in total. The largest absolute Gasteiger partial charge is 0.490 e. The Morgan fingerprint density at radius 3 is 2.27 bits per heavy atom. The van der Waals surface area contributed by atoms with Gasteiger partial charge in [-0.2, -0.15) is 0 Å². The minimum absolute atomic E-state index is 0.00488. The van der Waals surface area contributed by atoms with E-state index >= 15 is 0 Å². The highest BCUT2D eigenvalue weighted by Gasteiger charge is 2.67. The number of carboxylic acid groups (broad SMARTS) is 1. The van der Waals surface area contributed by atoms with E-state index in [-0.39, 0.29) is 11.8 Å². The molecule has 4 heteroatoms. The zero-order valence-corrected chi connectivity index (χ0v) is 17.2. The van der Waals surface area contributed by atoms with Crippen LogP contribution in [-0.2, 0) is 4.79 Å². The number of anilines is 1. The molecule has 3 aromatic rings. The van der Waals surface area contributed by atoms with Crippen LogP contribution in [0.2, 0.25) is 0 Å². The van der Waals surface area contributed by atoms with E-state index in [1.54, 1.807) is 0 Å². The number of benzene rings is 3. The lowest BCUT2D eigenvalue weighted by Gasteiger charge is -2.28. The summed E-state index contributed by atoms with van der Waals surface area (Å²) in [4.78, 5) is 14.3. The van der Waals surface area contributed by atoms with Crippen molar-refractivity contribution in [3.8, 4) is 16.9 Å². The zero-order chi connectivity index (χ0) is 20.9. The summed E-state index contributed by atoms with van der Waals surface area (Å²) in [5.41, 5.74) is 4.72. The smallest absolute Gasteiger partial charge is 0.310 e. The highest BCUT2D eigenvalue weighted by molar-refractivity contribution is 5.83. The van der Waals surface area contributed by atoms with E-state index in [0.29, 0.717) is 6.61 Å². The Morgan fingerprint density at radius 1 is 0.967 bits per heavy atom. The van der Waals surface area contributed by atoms with Gasteiger partial charge < -0.3 is 14.7 Å². The maximum atomic E-state index is 12.1. The zero-order valence-electron chi connectivity index (χ0n) is 17.2. The van der Waals surface area contributed by atoms with Gasteiger partial charge in [-0.3, -0.25) is 4.79 Å². The Bertz CT molecular complexity index is 1090. The lowest BCUT2D eigenvalue weighted by Crippen LogP contribution is -2.28. The van der Waals surface area contributed by atoms with Crippen LogP contribution in [0.4, 0.5) is 5.69 Å². The van der Waals surface area contributed by atoms with Crippen LogP contribution in [0.15, 0.2) is 72.8 Å². The quantitative estimate of drug-likeness (QED) is 0.659. The third kappa shape index (κ3) is 2.86. The molecule has 1 fully saturated rings. The van der Waals surface area contributed by atoms with E-state index < -0.39 is 11.4 Å². The molecule has 2 aliphatic rings. The van der Waals surface area contributed by atoms with E-state index in [9.17, 15) is 9.90 Å². The Kier molecular flexibility index (Phi) is 4.31. The molecule has 1 heterocycles. The highest BCUT2D eigenvalue weighted by Crippen LogP contribution is 2.70. The molecule has 30 heavy (non-hydrogen) atoms. The Labute approximate surface area is 176 Å². The Morgan fingerprint density at radius 2 is 1.60 bits per heavy atom. The topological polar surface area (TPSA) is 49.8 Å². The lowest BCUT2D eigenvalue weighted by molar-refractivity contribution is -0.143. The molecule has 5 rings (SSSR count). The third-order valence-corrected chi connectivity index (χ3v) is 6.79. The van der Waals surface area contributed by atoms with Crippen LogP contribution >= 0.6 is 0 Å². The molecule has 0 aromatic heterocycles. The van der Waals surface area contributed by atoms with Gasteiger partial charge in [-0.25, -0.2) is 0 Å². The number of ether oxygens (including phenoxy) is 1. The molecule has 3 aromatic carbocycles. The number of fused-ring (bicyclic) bond motifs is 1. The number of likely N-dealkylation sites (N-methyl/N-ethyl adjacent to an activating group) is 1. The van der Waals surface area contributed by atoms with Crippen molar-refractivity contribution in [2.45, 2.75) is 18.8 Å². The van der Waals surface area contributed by atoms with Crippen LogP contribution < -0.4 is 9.64 Å². The number of rotatable bonds is 4. The standard InChI is InChI=1S/C26H25NO3/c1-26(25(28)29)23(18-6-4-3-5-7-18)24(26)19-10-8-17(9-11-19)20-12-13-21-22(16-20)30-15-14-27(21)2/h3-13,16,23-24H,14-15H2,1-2H3,(H,28,29)/t23-,24-,26+/m0/s1. The number of hydrogen-bond acceptors (Lipinski definition) is 3. The molecule has 1 saturated carbocycles. The second-order valence-corrected chi connectivity index (χ2v) is 8.53. The molecule has 0 unspecified atom stereocenters. The van der Waals surface area contributed by atoms with Gasteiger partial charge in [0.25, 0.3) is 0 Å². The normalized spacial score (nSPS) is 24.7. The average molecular weight is 399 g/mol. The van der Waals surface area contributed by atoms with Gasteiger partial charge in [0.05, 0.1) is 17.6 Å². The number of carbonyl (C=O) groups is 1. The number of carboxylic acids is 1. The van der Waals surface area contributed by atoms with Gasteiger partial charge >= 0.3 is 5.97 Å². The van der Waals surface area contributed by atoms with Crippen molar-refractivity contribution in [1.29, 1.82) is 0 Å². The van der Waals surface area contributed by atoms with Crippen molar-refractivity contribution in [3.05, 3.63) is 83.9 Å². The van der Waals surface area contributed by atoms with Crippen molar-refractivity contribution in [1.82, 2.24) is 0 Å². The van der Waals surface area contributed by atoms with Gasteiger partial charge in [0, 0.05) is 18.9 Å². The van der Waals surface area contributed by atoms with E-state index in [2.05, 4.69) is 54.4 Å². The van der Waals surface area contributed by atoms with Crippen LogP contribution in [0.3, 0.4) is 0 Å². The molecule has 0 amide bonds. The predicted molar refractivity (Wildman–Crippen MR) is 118 cm³/mol. The van der Waals surface area contributed by atoms with Gasteiger partial charge in [-0.1, -0.05) is 60.7 Å². The fraction of sp³-hybridized carbons (Fsp3) is 0.269.